The standard InChI is InChI=1S/C10H16N3O8P/c1-19-22(17,18)20-4-5-7(14)8(15)9(21-5)13-3-2-6(11)12-10(13)16/h2-3,5,7-9,14-15H,4H2,1H3,(H,17,18)(H2,11,12,16)/t5-,7-,8-,9-/m1/s1. The Labute approximate surface area is 124 Å². The molecule has 0 saturated carbocycles. The number of nitrogens with zero attached hydrogens (tertiary/aromatic N) is 2. The number of hydrogen-bond donors (Lipinski definition) is 4. The van der Waals surface area contributed by atoms with E-state index < -0.39 is 44.7 Å². The predicted octanol–water partition coefficient (Wildman–Crippen LogP) is -1.79. The first-order chi connectivity index (χ1) is 10.2. The van der Waals surface area contributed by atoms with Gasteiger partial charge in [0, 0.05) is 13.3 Å². The van der Waals surface area contributed by atoms with E-state index in [0.717, 1.165) is 11.7 Å². The highest BCUT2D eigenvalue weighted by atomic mass is 31.2. The number of rotatable bonds is 5. The number of nitrogen functional groups attached to an aromatic ring is 1. The molecule has 1 aromatic rings. The van der Waals surface area contributed by atoms with Crippen molar-refractivity contribution in [1.82, 2.24) is 9.55 Å². The molecule has 1 aromatic heterocycles. The third-order valence-corrected chi connectivity index (χ3v) is 4.03. The van der Waals surface area contributed by atoms with Crippen LogP contribution in [-0.2, 0) is 18.3 Å². The number of hydrogen-bond acceptors (Lipinski definition) is 9. The molecule has 2 heterocycles. The highest BCUT2D eigenvalue weighted by Crippen LogP contribution is 2.43. The monoisotopic (exact) mass is 337 g/mol. The number of nitrogens with two attached hydrogens (primary N) is 1. The summed E-state index contributed by atoms with van der Waals surface area (Å²) in [4.78, 5) is 24.3. The summed E-state index contributed by atoms with van der Waals surface area (Å²) < 4.78 is 26.2. The van der Waals surface area contributed by atoms with Gasteiger partial charge in [-0.15, -0.1) is 0 Å². The maximum absolute atomic E-state index is 11.7. The van der Waals surface area contributed by atoms with Crippen LogP contribution in [0, 0.1) is 0 Å². The van der Waals surface area contributed by atoms with Crippen molar-refractivity contribution in [3.05, 3.63) is 22.7 Å². The van der Waals surface area contributed by atoms with Gasteiger partial charge in [0.05, 0.1) is 6.61 Å². The Morgan fingerprint density at radius 2 is 2.18 bits per heavy atom. The topological polar surface area (TPSA) is 166 Å². The first-order valence-corrected chi connectivity index (χ1v) is 7.64. The Balaban J connectivity index is 2.13. The molecule has 0 aromatic carbocycles. The van der Waals surface area contributed by atoms with Crippen LogP contribution in [0.5, 0.6) is 0 Å². The number of phosphoric ester groups is 1. The molecule has 5 N–H and O–H groups in total. The van der Waals surface area contributed by atoms with Crippen LogP contribution in [-0.4, -0.2) is 56.7 Å². The third kappa shape index (κ3) is 3.52. The van der Waals surface area contributed by atoms with Crippen LogP contribution >= 0.6 is 7.82 Å². The fourth-order valence-electron chi connectivity index (χ4n) is 1.94. The molecule has 11 nitrogen and oxygen atoms in total. The number of aliphatic hydroxyl groups is 2. The molecule has 12 heteroatoms. The molecular formula is C10H16N3O8P. The van der Waals surface area contributed by atoms with Crippen molar-refractivity contribution in [1.29, 1.82) is 0 Å². The normalized spacial score (nSPS) is 31.1. The third-order valence-electron chi connectivity index (χ3n) is 3.10. The van der Waals surface area contributed by atoms with E-state index in [2.05, 4.69) is 14.0 Å². The Morgan fingerprint density at radius 1 is 1.50 bits per heavy atom. The van der Waals surface area contributed by atoms with Crippen molar-refractivity contribution in [2.75, 3.05) is 19.5 Å². The SMILES string of the molecule is COP(=O)(O)OC[C@H]1O[C@@H](n2ccc(N)nc2=O)[C@H](O)[C@@H]1O. The van der Waals surface area contributed by atoms with E-state index in [9.17, 15) is 19.6 Å². The molecule has 1 aliphatic heterocycles. The minimum atomic E-state index is -4.25. The highest BCUT2D eigenvalue weighted by Gasteiger charge is 2.45. The molecule has 0 spiro atoms. The summed E-state index contributed by atoms with van der Waals surface area (Å²) in [5.74, 6) is -0.00418. The molecular weight excluding hydrogens is 321 g/mol. The van der Waals surface area contributed by atoms with Gasteiger partial charge in [0.25, 0.3) is 0 Å². The first kappa shape index (κ1) is 17.0. The molecule has 1 fully saturated rings. The van der Waals surface area contributed by atoms with Crippen molar-refractivity contribution in [2.45, 2.75) is 24.5 Å². The smallest absolute Gasteiger partial charge is 0.387 e. The molecule has 22 heavy (non-hydrogen) atoms. The Kier molecular flexibility index (Phi) is 4.97. The summed E-state index contributed by atoms with van der Waals surface area (Å²) >= 11 is 0. The van der Waals surface area contributed by atoms with Gasteiger partial charge in [0.1, 0.15) is 24.1 Å². The van der Waals surface area contributed by atoms with Crippen molar-refractivity contribution in [3.63, 3.8) is 0 Å². The second-order valence-corrected chi connectivity index (χ2v) is 6.10. The summed E-state index contributed by atoms with van der Waals surface area (Å²) in [6, 6.07) is 1.32. The van der Waals surface area contributed by atoms with Crippen LogP contribution in [0.1, 0.15) is 6.23 Å². The molecule has 0 bridgehead atoms. The second kappa shape index (κ2) is 6.42. The fourth-order valence-corrected chi connectivity index (χ4v) is 2.38. The lowest BCUT2D eigenvalue weighted by atomic mass is 10.1. The number of aromatic nitrogens is 2. The molecule has 1 unspecified atom stereocenters. The van der Waals surface area contributed by atoms with Crippen LogP contribution in [0.25, 0.3) is 0 Å². The van der Waals surface area contributed by atoms with E-state index in [0.29, 0.717) is 0 Å². The number of phosphoric acid groups is 1. The lowest BCUT2D eigenvalue weighted by molar-refractivity contribution is -0.0546. The van der Waals surface area contributed by atoms with Crippen LogP contribution < -0.4 is 11.4 Å². The average molecular weight is 337 g/mol. The summed E-state index contributed by atoms with van der Waals surface area (Å²) in [6.45, 7) is -0.520. The zero-order valence-electron chi connectivity index (χ0n) is 11.5. The van der Waals surface area contributed by atoms with Gasteiger partial charge in [0.2, 0.25) is 0 Å². The molecule has 1 saturated heterocycles. The van der Waals surface area contributed by atoms with E-state index >= 15 is 0 Å². The van der Waals surface area contributed by atoms with E-state index in [1.165, 1.54) is 12.3 Å². The minimum absolute atomic E-state index is 0.00418. The molecule has 2 rings (SSSR count). The van der Waals surface area contributed by atoms with E-state index in [-0.39, 0.29) is 5.82 Å². The predicted molar refractivity (Wildman–Crippen MR) is 71.6 cm³/mol. The van der Waals surface area contributed by atoms with Gasteiger partial charge >= 0.3 is 13.5 Å². The molecule has 124 valence electrons. The maximum atomic E-state index is 11.7. The highest BCUT2D eigenvalue weighted by molar-refractivity contribution is 7.47. The van der Waals surface area contributed by atoms with Gasteiger partial charge < -0.3 is 25.6 Å². The first-order valence-electron chi connectivity index (χ1n) is 6.14. The van der Waals surface area contributed by atoms with Gasteiger partial charge in [-0.05, 0) is 6.07 Å². The van der Waals surface area contributed by atoms with Gasteiger partial charge in [-0.2, -0.15) is 4.98 Å². The van der Waals surface area contributed by atoms with Crippen LogP contribution in [0.4, 0.5) is 5.82 Å². The zero-order valence-corrected chi connectivity index (χ0v) is 12.4. The lowest BCUT2D eigenvalue weighted by Crippen LogP contribution is -2.36. The van der Waals surface area contributed by atoms with Gasteiger partial charge in [-0.3, -0.25) is 13.6 Å². The number of ether oxygens (including phenoxy) is 1. The van der Waals surface area contributed by atoms with Crippen molar-refractivity contribution >= 4 is 13.6 Å². The molecule has 0 radical (unpaired) electrons. The van der Waals surface area contributed by atoms with Gasteiger partial charge in [-0.1, -0.05) is 0 Å². The van der Waals surface area contributed by atoms with E-state index in [4.69, 9.17) is 15.4 Å². The number of aliphatic hydroxyl groups excluding tert-OH is 2. The summed E-state index contributed by atoms with van der Waals surface area (Å²) in [6.07, 6.45) is -4.02. The largest absolute Gasteiger partial charge is 0.472 e. The Bertz CT molecular complexity index is 637. The Morgan fingerprint density at radius 3 is 2.77 bits per heavy atom. The summed E-state index contributed by atoms with van der Waals surface area (Å²) in [7, 11) is -3.27. The van der Waals surface area contributed by atoms with Crippen LogP contribution in [0.2, 0.25) is 0 Å². The van der Waals surface area contributed by atoms with E-state index in [1.54, 1.807) is 0 Å². The molecule has 0 aliphatic carbocycles. The fraction of sp³-hybridized carbons (Fsp3) is 0.600. The zero-order chi connectivity index (χ0) is 16.5. The van der Waals surface area contributed by atoms with Crippen molar-refractivity contribution in [3.8, 4) is 0 Å². The molecule has 1 aliphatic rings. The maximum Gasteiger partial charge on any atom is 0.472 e. The molecule has 5 atom stereocenters. The van der Waals surface area contributed by atoms with E-state index in [1.807, 2.05) is 0 Å². The lowest BCUT2D eigenvalue weighted by Gasteiger charge is -2.17. The Hall–Kier alpha value is -1.33. The quantitative estimate of drug-likeness (QED) is 0.450. The van der Waals surface area contributed by atoms with Crippen LogP contribution in [0.3, 0.4) is 0 Å². The van der Waals surface area contributed by atoms with Gasteiger partial charge in [0.15, 0.2) is 6.23 Å². The second-order valence-electron chi connectivity index (χ2n) is 4.54. The summed E-state index contributed by atoms with van der Waals surface area (Å²) in [5, 5.41) is 19.8. The van der Waals surface area contributed by atoms with Crippen LogP contribution in [0.15, 0.2) is 17.1 Å². The van der Waals surface area contributed by atoms with Crippen molar-refractivity contribution < 1.29 is 33.5 Å². The minimum Gasteiger partial charge on any atom is -0.387 e. The number of anilines is 1. The average Bonchev–Trinajstić information content (AvgIpc) is 2.73. The van der Waals surface area contributed by atoms with Crippen molar-refractivity contribution in [2.24, 2.45) is 0 Å². The molecule has 0 amide bonds. The van der Waals surface area contributed by atoms with Gasteiger partial charge in [-0.25, -0.2) is 9.36 Å². The summed E-state index contributed by atoms with van der Waals surface area (Å²) in [5.41, 5.74) is 4.58.